The highest BCUT2D eigenvalue weighted by Gasteiger charge is 2.29. The van der Waals surface area contributed by atoms with E-state index in [2.05, 4.69) is 0 Å². The number of sulfonamides is 1. The average molecular weight is 470 g/mol. The number of amides is 2. The van der Waals surface area contributed by atoms with Crippen molar-refractivity contribution in [1.29, 1.82) is 0 Å². The van der Waals surface area contributed by atoms with Crippen molar-refractivity contribution in [3.05, 3.63) is 59.7 Å². The molecule has 4 rings (SSSR count). The fraction of sp³-hybridized carbons (Fsp3) is 0.440. The topological polar surface area (TPSA) is 78.0 Å². The molecule has 2 aliphatic rings. The molecule has 33 heavy (non-hydrogen) atoms. The molecule has 7 nitrogen and oxygen atoms in total. The van der Waals surface area contributed by atoms with Crippen molar-refractivity contribution in [2.24, 2.45) is 0 Å². The summed E-state index contributed by atoms with van der Waals surface area (Å²) in [5.74, 6) is -0.0405. The van der Waals surface area contributed by atoms with Gasteiger partial charge in [-0.05, 0) is 55.0 Å². The third-order valence-corrected chi connectivity index (χ3v) is 8.26. The van der Waals surface area contributed by atoms with E-state index in [4.69, 9.17) is 0 Å². The van der Waals surface area contributed by atoms with E-state index < -0.39 is 10.0 Å². The molecule has 2 heterocycles. The van der Waals surface area contributed by atoms with E-state index in [-0.39, 0.29) is 36.1 Å². The second kappa shape index (κ2) is 10.1. The number of carbonyl (C=O) groups excluding carboxylic acids is 2. The lowest BCUT2D eigenvalue weighted by atomic mass is 10.1. The van der Waals surface area contributed by atoms with Gasteiger partial charge in [-0.15, -0.1) is 0 Å². The van der Waals surface area contributed by atoms with Crippen molar-refractivity contribution in [3.63, 3.8) is 0 Å². The highest BCUT2D eigenvalue weighted by atomic mass is 32.2. The number of hydrogen-bond acceptors (Lipinski definition) is 4. The van der Waals surface area contributed by atoms with Crippen molar-refractivity contribution in [2.75, 3.05) is 31.6 Å². The van der Waals surface area contributed by atoms with Crippen LogP contribution in [0.4, 0.5) is 5.69 Å². The third-order valence-electron chi connectivity index (χ3n) is 6.47. The number of hydrogen-bond donors (Lipinski definition) is 0. The molecule has 0 radical (unpaired) electrons. The SMILES string of the molecule is CN(Cc1ccccc1)S(=O)(=O)c1ccc2c(c1)CCN2C(=O)CCC(=O)N1CCCCC1. The summed E-state index contributed by atoms with van der Waals surface area (Å²) in [6.07, 6.45) is 4.23. The highest BCUT2D eigenvalue weighted by Crippen LogP contribution is 2.32. The molecule has 176 valence electrons. The van der Waals surface area contributed by atoms with Gasteiger partial charge in [0.25, 0.3) is 0 Å². The van der Waals surface area contributed by atoms with E-state index in [0.717, 1.165) is 49.2 Å². The number of fused-ring (bicyclic) bond motifs is 1. The van der Waals surface area contributed by atoms with Crippen LogP contribution in [-0.2, 0) is 32.6 Å². The molecule has 0 bridgehead atoms. The Kier molecular flexibility index (Phi) is 7.14. The Morgan fingerprint density at radius 2 is 1.61 bits per heavy atom. The molecule has 8 heteroatoms. The van der Waals surface area contributed by atoms with Crippen LogP contribution in [0.1, 0.15) is 43.2 Å². The summed E-state index contributed by atoms with van der Waals surface area (Å²) in [7, 11) is -2.08. The van der Waals surface area contributed by atoms with E-state index in [1.807, 2.05) is 35.2 Å². The zero-order valence-corrected chi connectivity index (χ0v) is 19.9. The minimum absolute atomic E-state index is 0.0466. The summed E-state index contributed by atoms with van der Waals surface area (Å²) in [5, 5.41) is 0. The predicted molar refractivity (Wildman–Crippen MR) is 127 cm³/mol. The van der Waals surface area contributed by atoms with Gasteiger partial charge in [0.2, 0.25) is 21.8 Å². The zero-order chi connectivity index (χ0) is 23.4. The van der Waals surface area contributed by atoms with Crippen molar-refractivity contribution in [2.45, 2.75) is 50.0 Å². The normalized spacial score (nSPS) is 16.2. The first-order valence-electron chi connectivity index (χ1n) is 11.6. The first-order chi connectivity index (χ1) is 15.9. The number of nitrogens with zero attached hydrogens (tertiary/aromatic N) is 3. The quantitative estimate of drug-likeness (QED) is 0.624. The summed E-state index contributed by atoms with van der Waals surface area (Å²) >= 11 is 0. The molecule has 0 aliphatic carbocycles. The van der Waals surface area contributed by atoms with Gasteiger partial charge in [-0.3, -0.25) is 9.59 Å². The Morgan fingerprint density at radius 1 is 0.909 bits per heavy atom. The van der Waals surface area contributed by atoms with Crippen LogP contribution in [0.3, 0.4) is 0 Å². The summed E-state index contributed by atoms with van der Waals surface area (Å²) in [5.41, 5.74) is 2.51. The maximum Gasteiger partial charge on any atom is 0.243 e. The van der Waals surface area contributed by atoms with Crippen molar-refractivity contribution < 1.29 is 18.0 Å². The Labute approximate surface area is 196 Å². The van der Waals surface area contributed by atoms with E-state index >= 15 is 0 Å². The van der Waals surface area contributed by atoms with Crippen LogP contribution < -0.4 is 4.90 Å². The second-order valence-electron chi connectivity index (χ2n) is 8.77. The second-order valence-corrected chi connectivity index (χ2v) is 10.8. The monoisotopic (exact) mass is 469 g/mol. The van der Waals surface area contributed by atoms with Crippen LogP contribution in [-0.4, -0.2) is 56.1 Å². The smallest absolute Gasteiger partial charge is 0.243 e. The fourth-order valence-electron chi connectivity index (χ4n) is 4.55. The Hall–Kier alpha value is -2.71. The van der Waals surface area contributed by atoms with Crippen LogP contribution in [0.5, 0.6) is 0 Å². The number of anilines is 1. The Bertz CT molecular complexity index is 1110. The number of benzene rings is 2. The summed E-state index contributed by atoms with van der Waals surface area (Å²) in [6, 6.07) is 14.4. The molecule has 1 fully saturated rings. The molecule has 2 aliphatic heterocycles. The van der Waals surface area contributed by atoms with E-state index in [0.29, 0.717) is 13.0 Å². The molecule has 0 unspecified atom stereocenters. The van der Waals surface area contributed by atoms with Gasteiger partial charge in [0.15, 0.2) is 0 Å². The summed E-state index contributed by atoms with van der Waals surface area (Å²) < 4.78 is 27.5. The lowest BCUT2D eigenvalue weighted by molar-refractivity contribution is -0.133. The van der Waals surface area contributed by atoms with Gasteiger partial charge >= 0.3 is 0 Å². The molecule has 0 aromatic heterocycles. The van der Waals surface area contributed by atoms with Crippen molar-refractivity contribution >= 4 is 27.5 Å². The van der Waals surface area contributed by atoms with Gasteiger partial charge in [-0.1, -0.05) is 30.3 Å². The standard InChI is InChI=1S/C25H31N3O4S/c1-26(19-20-8-4-2-5-9-20)33(31,32)22-10-11-23-21(18-22)14-17-28(23)25(30)13-12-24(29)27-15-6-3-7-16-27/h2,4-5,8-11,18H,3,6-7,12-17,19H2,1H3. The molecule has 0 N–H and O–H groups in total. The molecule has 2 amide bonds. The van der Waals surface area contributed by atoms with Gasteiger partial charge in [-0.2, -0.15) is 4.31 Å². The average Bonchev–Trinajstić information content (AvgIpc) is 3.27. The minimum atomic E-state index is -3.65. The van der Waals surface area contributed by atoms with Crippen LogP contribution in [0.25, 0.3) is 0 Å². The predicted octanol–water partition coefficient (Wildman–Crippen LogP) is 3.19. The van der Waals surface area contributed by atoms with Gasteiger partial charge in [0.1, 0.15) is 0 Å². The molecular formula is C25H31N3O4S. The third kappa shape index (κ3) is 5.28. The number of piperidine rings is 1. The van der Waals surface area contributed by atoms with Crippen LogP contribution in [0.2, 0.25) is 0 Å². The summed E-state index contributed by atoms with van der Waals surface area (Å²) in [4.78, 5) is 29.0. The van der Waals surface area contributed by atoms with E-state index in [1.165, 1.54) is 4.31 Å². The zero-order valence-electron chi connectivity index (χ0n) is 19.1. The number of likely N-dealkylation sites (tertiary alicyclic amines) is 1. The van der Waals surface area contributed by atoms with Crippen molar-refractivity contribution in [3.8, 4) is 0 Å². The minimum Gasteiger partial charge on any atom is -0.343 e. The highest BCUT2D eigenvalue weighted by molar-refractivity contribution is 7.89. The molecule has 0 atom stereocenters. The van der Waals surface area contributed by atoms with Gasteiger partial charge in [0, 0.05) is 51.8 Å². The van der Waals surface area contributed by atoms with Gasteiger partial charge < -0.3 is 9.80 Å². The molecule has 0 spiro atoms. The molecule has 2 aromatic carbocycles. The lowest BCUT2D eigenvalue weighted by Crippen LogP contribution is -2.37. The Morgan fingerprint density at radius 3 is 2.33 bits per heavy atom. The van der Waals surface area contributed by atoms with Crippen LogP contribution in [0.15, 0.2) is 53.4 Å². The van der Waals surface area contributed by atoms with Gasteiger partial charge in [0.05, 0.1) is 4.90 Å². The maximum atomic E-state index is 13.1. The largest absolute Gasteiger partial charge is 0.343 e. The number of rotatable bonds is 7. The Balaban J connectivity index is 1.40. The van der Waals surface area contributed by atoms with E-state index in [9.17, 15) is 18.0 Å². The van der Waals surface area contributed by atoms with E-state index in [1.54, 1.807) is 30.1 Å². The fourth-order valence-corrected chi connectivity index (χ4v) is 5.76. The lowest BCUT2D eigenvalue weighted by Gasteiger charge is -2.27. The van der Waals surface area contributed by atoms with Gasteiger partial charge in [-0.25, -0.2) is 8.42 Å². The first-order valence-corrected chi connectivity index (χ1v) is 13.0. The maximum absolute atomic E-state index is 13.1. The molecular weight excluding hydrogens is 438 g/mol. The van der Waals surface area contributed by atoms with Crippen molar-refractivity contribution in [1.82, 2.24) is 9.21 Å². The van der Waals surface area contributed by atoms with Crippen LogP contribution >= 0.6 is 0 Å². The summed E-state index contributed by atoms with van der Waals surface area (Å²) in [6.45, 7) is 2.37. The molecule has 1 saturated heterocycles. The molecule has 2 aromatic rings. The number of carbonyl (C=O) groups is 2. The first kappa shape index (κ1) is 23.4. The van der Waals surface area contributed by atoms with Crippen LogP contribution in [0, 0.1) is 0 Å². The molecule has 0 saturated carbocycles.